The van der Waals surface area contributed by atoms with Gasteiger partial charge in [-0.2, -0.15) is 5.10 Å². The Hall–Kier alpha value is -3.44. The molecule has 0 spiro atoms. The third-order valence-corrected chi connectivity index (χ3v) is 5.36. The Morgan fingerprint density at radius 1 is 0.900 bits per heavy atom. The van der Waals surface area contributed by atoms with Crippen LogP contribution in [-0.4, -0.2) is 11.2 Å². The lowest BCUT2D eigenvalue weighted by Crippen LogP contribution is -1.91. The molecule has 0 aliphatic carbocycles. The zero-order chi connectivity index (χ0) is 20.8. The predicted molar refractivity (Wildman–Crippen MR) is 126 cm³/mol. The van der Waals surface area contributed by atoms with Gasteiger partial charge in [0.1, 0.15) is 11.5 Å². The van der Waals surface area contributed by atoms with E-state index < -0.39 is 0 Å². The van der Waals surface area contributed by atoms with Crippen LogP contribution in [0.5, 0.6) is 11.5 Å². The van der Waals surface area contributed by atoms with Crippen LogP contribution >= 0.6 is 11.3 Å². The van der Waals surface area contributed by atoms with Crippen LogP contribution in [0.2, 0.25) is 0 Å². The van der Waals surface area contributed by atoms with Crippen molar-refractivity contribution in [3.05, 3.63) is 95.4 Å². The zero-order valence-corrected chi connectivity index (χ0v) is 17.8. The fourth-order valence-electron chi connectivity index (χ4n) is 2.91. The minimum atomic E-state index is 0.514. The minimum absolute atomic E-state index is 0.514. The highest BCUT2D eigenvalue weighted by Crippen LogP contribution is 2.25. The number of hydrogen-bond donors (Lipinski definition) is 1. The van der Waals surface area contributed by atoms with E-state index in [4.69, 9.17) is 4.74 Å². The molecule has 1 heterocycles. The topological polar surface area (TPSA) is 46.5 Å². The van der Waals surface area contributed by atoms with Gasteiger partial charge in [0.15, 0.2) is 0 Å². The average Bonchev–Trinajstić information content (AvgIpc) is 3.25. The van der Waals surface area contributed by atoms with Crippen LogP contribution in [0.1, 0.15) is 30.9 Å². The molecule has 0 aliphatic heterocycles. The summed E-state index contributed by atoms with van der Waals surface area (Å²) in [6, 6.07) is 26.2. The number of hydrazone groups is 1. The molecule has 1 aromatic heterocycles. The van der Waals surface area contributed by atoms with E-state index in [1.807, 2.05) is 72.1 Å². The van der Waals surface area contributed by atoms with Gasteiger partial charge < -0.3 is 4.74 Å². The number of nitrogens with one attached hydrogen (secondary N) is 1. The molecule has 0 bridgehead atoms. The summed E-state index contributed by atoms with van der Waals surface area (Å²) >= 11 is 1.53. The van der Waals surface area contributed by atoms with Gasteiger partial charge in [0.05, 0.1) is 11.9 Å². The number of hydrogen-bond acceptors (Lipinski definition) is 5. The highest BCUT2D eigenvalue weighted by molar-refractivity contribution is 7.14. The highest BCUT2D eigenvalue weighted by atomic mass is 32.1. The first kappa shape index (κ1) is 19.9. The first-order valence-electron chi connectivity index (χ1n) is 9.85. The molecule has 0 aliphatic rings. The Bertz CT molecular complexity index is 1100. The Balaban J connectivity index is 1.33. The van der Waals surface area contributed by atoms with Gasteiger partial charge in [-0.1, -0.05) is 56.3 Å². The van der Waals surface area contributed by atoms with E-state index in [1.165, 1.54) is 16.9 Å². The van der Waals surface area contributed by atoms with Crippen LogP contribution in [0.4, 0.5) is 5.13 Å². The van der Waals surface area contributed by atoms with E-state index in [2.05, 4.69) is 41.5 Å². The number of anilines is 1. The van der Waals surface area contributed by atoms with E-state index >= 15 is 0 Å². The van der Waals surface area contributed by atoms with E-state index in [9.17, 15) is 0 Å². The number of benzene rings is 3. The van der Waals surface area contributed by atoms with E-state index in [-0.39, 0.29) is 0 Å². The van der Waals surface area contributed by atoms with Crippen LogP contribution in [-0.2, 0) is 0 Å². The third-order valence-electron chi connectivity index (χ3n) is 4.61. The maximum Gasteiger partial charge on any atom is 0.203 e. The number of thiazole rings is 1. The lowest BCUT2D eigenvalue weighted by atomic mass is 10.0. The second-order valence-electron chi connectivity index (χ2n) is 7.17. The van der Waals surface area contributed by atoms with Gasteiger partial charge in [-0.3, -0.25) is 5.43 Å². The van der Waals surface area contributed by atoms with Crippen molar-refractivity contribution in [2.24, 2.45) is 5.10 Å². The van der Waals surface area contributed by atoms with Gasteiger partial charge in [0, 0.05) is 10.9 Å². The molecule has 3 aromatic carbocycles. The SMILES string of the molecule is CC(C)c1ccc(Oc2ccc(C=NNc3nc(-c4ccccc4)cs3)cc2)cc1. The molecular weight excluding hydrogens is 390 g/mol. The minimum Gasteiger partial charge on any atom is -0.457 e. The molecule has 5 heteroatoms. The Morgan fingerprint density at radius 2 is 1.57 bits per heavy atom. The summed E-state index contributed by atoms with van der Waals surface area (Å²) in [5.74, 6) is 2.14. The number of rotatable bonds is 7. The monoisotopic (exact) mass is 413 g/mol. The van der Waals surface area contributed by atoms with Gasteiger partial charge in [0.25, 0.3) is 0 Å². The van der Waals surface area contributed by atoms with Gasteiger partial charge >= 0.3 is 0 Å². The molecule has 30 heavy (non-hydrogen) atoms. The standard InChI is InChI=1S/C25H23N3OS/c1-18(2)20-10-14-23(15-11-20)29-22-12-8-19(9-13-22)16-26-28-25-27-24(17-30-25)21-6-4-3-5-7-21/h3-18H,1-2H3,(H,27,28). The van der Waals surface area contributed by atoms with Crippen molar-refractivity contribution in [2.75, 3.05) is 5.43 Å². The maximum atomic E-state index is 5.92. The molecule has 0 atom stereocenters. The highest BCUT2D eigenvalue weighted by Gasteiger charge is 2.03. The summed E-state index contributed by atoms with van der Waals surface area (Å²) in [5.41, 5.74) is 7.32. The fraction of sp³-hybridized carbons (Fsp3) is 0.120. The van der Waals surface area contributed by atoms with Gasteiger partial charge in [-0.05, 0) is 53.4 Å². The number of aromatic nitrogens is 1. The lowest BCUT2D eigenvalue weighted by molar-refractivity contribution is 0.482. The summed E-state index contributed by atoms with van der Waals surface area (Å²) in [7, 11) is 0. The maximum absolute atomic E-state index is 5.92. The molecule has 0 radical (unpaired) electrons. The summed E-state index contributed by atoms with van der Waals surface area (Å²) in [5, 5.41) is 7.07. The Kier molecular flexibility index (Phi) is 6.20. The molecule has 4 aromatic rings. The summed E-state index contributed by atoms with van der Waals surface area (Å²) < 4.78 is 5.92. The quantitative estimate of drug-likeness (QED) is 0.258. The summed E-state index contributed by atoms with van der Waals surface area (Å²) in [6.07, 6.45) is 1.77. The Morgan fingerprint density at radius 3 is 2.23 bits per heavy atom. The van der Waals surface area contributed by atoms with E-state index in [0.29, 0.717) is 5.92 Å². The van der Waals surface area contributed by atoms with Crippen molar-refractivity contribution >= 4 is 22.7 Å². The first-order chi connectivity index (χ1) is 14.7. The Labute approximate surface area is 180 Å². The van der Waals surface area contributed by atoms with Crippen LogP contribution in [0.15, 0.2) is 89.3 Å². The molecule has 4 nitrogen and oxygen atoms in total. The molecule has 150 valence electrons. The van der Waals surface area contributed by atoms with Crippen molar-refractivity contribution in [1.82, 2.24) is 4.98 Å². The van der Waals surface area contributed by atoms with E-state index in [0.717, 1.165) is 33.5 Å². The first-order valence-corrected chi connectivity index (χ1v) is 10.7. The second kappa shape index (κ2) is 9.37. The van der Waals surface area contributed by atoms with Crippen molar-refractivity contribution in [2.45, 2.75) is 19.8 Å². The molecular formula is C25H23N3OS. The number of nitrogens with zero attached hydrogens (tertiary/aromatic N) is 2. The molecule has 1 N–H and O–H groups in total. The molecule has 4 rings (SSSR count). The molecule has 0 saturated heterocycles. The molecule has 0 unspecified atom stereocenters. The number of ether oxygens (including phenoxy) is 1. The van der Waals surface area contributed by atoms with Crippen molar-refractivity contribution < 1.29 is 4.74 Å². The third kappa shape index (κ3) is 5.13. The van der Waals surface area contributed by atoms with Crippen LogP contribution in [0.3, 0.4) is 0 Å². The smallest absolute Gasteiger partial charge is 0.203 e. The van der Waals surface area contributed by atoms with Gasteiger partial charge in [0.2, 0.25) is 5.13 Å². The summed E-state index contributed by atoms with van der Waals surface area (Å²) in [4.78, 5) is 4.56. The molecule has 0 amide bonds. The van der Waals surface area contributed by atoms with Crippen molar-refractivity contribution in [3.8, 4) is 22.8 Å². The molecule has 0 saturated carbocycles. The van der Waals surface area contributed by atoms with Gasteiger partial charge in [-0.15, -0.1) is 11.3 Å². The van der Waals surface area contributed by atoms with E-state index in [1.54, 1.807) is 6.21 Å². The normalized spacial score (nSPS) is 11.2. The molecule has 0 fully saturated rings. The fourth-order valence-corrected chi connectivity index (χ4v) is 3.58. The van der Waals surface area contributed by atoms with Crippen LogP contribution < -0.4 is 10.2 Å². The second-order valence-corrected chi connectivity index (χ2v) is 8.03. The summed E-state index contributed by atoms with van der Waals surface area (Å²) in [6.45, 7) is 4.36. The predicted octanol–water partition coefficient (Wildman–Crippen LogP) is 7.17. The lowest BCUT2D eigenvalue weighted by Gasteiger charge is -2.08. The van der Waals surface area contributed by atoms with Gasteiger partial charge in [-0.25, -0.2) is 4.98 Å². The largest absolute Gasteiger partial charge is 0.457 e. The van der Waals surface area contributed by atoms with Crippen molar-refractivity contribution in [3.63, 3.8) is 0 Å². The zero-order valence-electron chi connectivity index (χ0n) is 16.9. The van der Waals surface area contributed by atoms with Crippen molar-refractivity contribution in [1.29, 1.82) is 0 Å². The average molecular weight is 414 g/mol. The van der Waals surface area contributed by atoms with Crippen LogP contribution in [0, 0.1) is 0 Å². The van der Waals surface area contributed by atoms with Crippen LogP contribution in [0.25, 0.3) is 11.3 Å².